The fourth-order valence-corrected chi connectivity index (χ4v) is 2.81. The molecule has 1 aromatic heterocycles. The summed E-state index contributed by atoms with van der Waals surface area (Å²) in [6.07, 6.45) is 1.22. The predicted octanol–water partition coefficient (Wildman–Crippen LogP) is 1.75. The van der Waals surface area contributed by atoms with Crippen molar-refractivity contribution in [3.05, 3.63) is 11.8 Å². The minimum atomic E-state index is 0.656. The van der Waals surface area contributed by atoms with E-state index in [-0.39, 0.29) is 0 Å². The van der Waals surface area contributed by atoms with Crippen LogP contribution in [0.2, 0.25) is 0 Å². The molecular weight excluding hydrogens is 238 g/mol. The van der Waals surface area contributed by atoms with E-state index >= 15 is 0 Å². The minimum Gasteiger partial charge on any atom is -0.357 e. The van der Waals surface area contributed by atoms with E-state index in [9.17, 15) is 0 Å². The molecule has 1 fully saturated rings. The number of aromatic nitrogens is 2. The SMILES string of the molecule is CCN(CC)C1CCN(c2cc(C)nc(NC)n2)C1. The third-order valence-electron chi connectivity index (χ3n) is 3.88. The Kier molecular flexibility index (Phi) is 4.58. The number of hydrogen-bond acceptors (Lipinski definition) is 5. The van der Waals surface area contributed by atoms with Gasteiger partial charge in [-0.3, -0.25) is 4.90 Å². The molecule has 0 saturated carbocycles. The Balaban J connectivity index is 2.10. The Morgan fingerprint density at radius 3 is 2.74 bits per heavy atom. The molecule has 106 valence electrons. The first-order valence-electron chi connectivity index (χ1n) is 7.20. The Labute approximate surface area is 116 Å². The minimum absolute atomic E-state index is 0.656. The lowest BCUT2D eigenvalue weighted by molar-refractivity contribution is 0.232. The summed E-state index contributed by atoms with van der Waals surface area (Å²) in [5, 5.41) is 3.03. The highest BCUT2D eigenvalue weighted by Gasteiger charge is 2.27. The van der Waals surface area contributed by atoms with Crippen LogP contribution in [0.25, 0.3) is 0 Å². The van der Waals surface area contributed by atoms with Crippen LogP contribution < -0.4 is 10.2 Å². The van der Waals surface area contributed by atoms with Crippen LogP contribution in [0.3, 0.4) is 0 Å². The zero-order valence-corrected chi connectivity index (χ0v) is 12.5. The second-order valence-corrected chi connectivity index (χ2v) is 5.05. The summed E-state index contributed by atoms with van der Waals surface area (Å²) in [7, 11) is 1.86. The molecular formula is C14H25N5. The predicted molar refractivity (Wildman–Crippen MR) is 79.9 cm³/mol. The van der Waals surface area contributed by atoms with Gasteiger partial charge in [0.1, 0.15) is 5.82 Å². The Morgan fingerprint density at radius 2 is 2.11 bits per heavy atom. The molecule has 0 radical (unpaired) electrons. The summed E-state index contributed by atoms with van der Waals surface area (Å²) in [6.45, 7) is 10.9. The van der Waals surface area contributed by atoms with Crippen LogP contribution in [0.15, 0.2) is 6.07 Å². The molecule has 1 unspecified atom stereocenters. The molecule has 2 heterocycles. The zero-order chi connectivity index (χ0) is 13.8. The number of likely N-dealkylation sites (N-methyl/N-ethyl adjacent to an activating group) is 1. The van der Waals surface area contributed by atoms with Gasteiger partial charge in [0.05, 0.1) is 0 Å². The molecule has 2 rings (SSSR count). The molecule has 5 heteroatoms. The molecule has 1 N–H and O–H groups in total. The first-order chi connectivity index (χ1) is 9.17. The normalized spacial score (nSPS) is 19.2. The standard InChI is InChI=1S/C14H25N5/c1-5-18(6-2)12-7-8-19(10-12)13-9-11(3)16-14(15-4)17-13/h9,12H,5-8,10H2,1-4H3,(H,15,16,17). The van der Waals surface area contributed by atoms with Gasteiger partial charge in [-0.25, -0.2) is 4.98 Å². The number of rotatable bonds is 5. The van der Waals surface area contributed by atoms with Gasteiger partial charge < -0.3 is 10.2 Å². The van der Waals surface area contributed by atoms with Gasteiger partial charge in [-0.2, -0.15) is 4.98 Å². The van der Waals surface area contributed by atoms with E-state index in [4.69, 9.17) is 0 Å². The molecule has 0 spiro atoms. The van der Waals surface area contributed by atoms with E-state index < -0.39 is 0 Å². The largest absolute Gasteiger partial charge is 0.357 e. The molecule has 1 atom stereocenters. The molecule has 1 saturated heterocycles. The highest BCUT2D eigenvalue weighted by atomic mass is 15.3. The van der Waals surface area contributed by atoms with E-state index in [1.54, 1.807) is 0 Å². The number of nitrogens with one attached hydrogen (secondary N) is 1. The highest BCUT2D eigenvalue weighted by molar-refractivity contribution is 5.45. The third kappa shape index (κ3) is 3.15. The molecule has 5 nitrogen and oxygen atoms in total. The maximum atomic E-state index is 4.56. The van der Waals surface area contributed by atoms with E-state index in [2.05, 4.69) is 45.0 Å². The van der Waals surface area contributed by atoms with Gasteiger partial charge in [0.15, 0.2) is 0 Å². The maximum Gasteiger partial charge on any atom is 0.224 e. The monoisotopic (exact) mass is 263 g/mol. The molecule has 0 aliphatic carbocycles. The molecule has 0 bridgehead atoms. The fraction of sp³-hybridized carbons (Fsp3) is 0.714. The molecule has 0 aromatic carbocycles. The number of aryl methyl sites for hydroxylation is 1. The first kappa shape index (κ1) is 14.1. The average molecular weight is 263 g/mol. The van der Waals surface area contributed by atoms with Crippen molar-refractivity contribution in [2.24, 2.45) is 0 Å². The molecule has 1 aliphatic rings. The lowest BCUT2D eigenvalue weighted by atomic mass is 10.2. The van der Waals surface area contributed by atoms with Crippen LogP contribution in [-0.4, -0.2) is 54.1 Å². The van der Waals surface area contributed by atoms with E-state index in [1.807, 2.05) is 14.0 Å². The van der Waals surface area contributed by atoms with E-state index in [1.165, 1.54) is 6.42 Å². The Hall–Kier alpha value is -1.36. The summed E-state index contributed by atoms with van der Waals surface area (Å²) in [5.74, 6) is 1.76. The van der Waals surface area contributed by atoms with Gasteiger partial charge in [-0.15, -0.1) is 0 Å². The maximum absolute atomic E-state index is 4.56. The highest BCUT2D eigenvalue weighted by Crippen LogP contribution is 2.22. The van der Waals surface area contributed by atoms with Crippen LogP contribution in [0, 0.1) is 6.92 Å². The molecule has 19 heavy (non-hydrogen) atoms. The summed E-state index contributed by atoms with van der Waals surface area (Å²) in [6, 6.07) is 2.73. The fourth-order valence-electron chi connectivity index (χ4n) is 2.81. The lowest BCUT2D eigenvalue weighted by Gasteiger charge is -2.26. The van der Waals surface area contributed by atoms with Crippen LogP contribution >= 0.6 is 0 Å². The van der Waals surface area contributed by atoms with Crippen molar-refractivity contribution >= 4 is 11.8 Å². The molecule has 1 aromatic rings. The number of nitrogens with zero attached hydrogens (tertiary/aromatic N) is 4. The van der Waals surface area contributed by atoms with Gasteiger partial charge in [-0.05, 0) is 26.4 Å². The van der Waals surface area contributed by atoms with Gasteiger partial charge in [0, 0.05) is 37.9 Å². The molecule has 1 aliphatic heterocycles. The van der Waals surface area contributed by atoms with E-state index in [0.29, 0.717) is 12.0 Å². The van der Waals surface area contributed by atoms with Crippen LogP contribution in [0.4, 0.5) is 11.8 Å². The quantitative estimate of drug-likeness (QED) is 0.877. The lowest BCUT2D eigenvalue weighted by Crippen LogP contribution is -2.37. The average Bonchev–Trinajstić information content (AvgIpc) is 2.89. The van der Waals surface area contributed by atoms with Crippen molar-refractivity contribution in [2.75, 3.05) is 43.4 Å². The van der Waals surface area contributed by atoms with Crippen LogP contribution in [0.1, 0.15) is 26.0 Å². The van der Waals surface area contributed by atoms with Gasteiger partial charge in [0.25, 0.3) is 0 Å². The van der Waals surface area contributed by atoms with Crippen molar-refractivity contribution in [3.63, 3.8) is 0 Å². The van der Waals surface area contributed by atoms with E-state index in [0.717, 1.165) is 37.7 Å². The number of anilines is 2. The molecule has 0 amide bonds. The number of hydrogen-bond donors (Lipinski definition) is 1. The second-order valence-electron chi connectivity index (χ2n) is 5.05. The van der Waals surface area contributed by atoms with Crippen molar-refractivity contribution in [1.82, 2.24) is 14.9 Å². The smallest absolute Gasteiger partial charge is 0.224 e. The van der Waals surface area contributed by atoms with Crippen molar-refractivity contribution < 1.29 is 0 Å². The summed E-state index contributed by atoms with van der Waals surface area (Å²) < 4.78 is 0. The van der Waals surface area contributed by atoms with Gasteiger partial charge >= 0.3 is 0 Å². The Morgan fingerprint density at radius 1 is 1.37 bits per heavy atom. The topological polar surface area (TPSA) is 44.3 Å². The first-order valence-corrected chi connectivity index (χ1v) is 7.20. The van der Waals surface area contributed by atoms with Crippen molar-refractivity contribution in [1.29, 1.82) is 0 Å². The third-order valence-corrected chi connectivity index (χ3v) is 3.88. The van der Waals surface area contributed by atoms with Crippen LogP contribution in [-0.2, 0) is 0 Å². The second kappa shape index (κ2) is 6.19. The zero-order valence-electron chi connectivity index (χ0n) is 12.5. The van der Waals surface area contributed by atoms with Crippen molar-refractivity contribution in [2.45, 2.75) is 33.2 Å². The Bertz CT molecular complexity index is 416. The van der Waals surface area contributed by atoms with Gasteiger partial charge in [-0.1, -0.05) is 13.8 Å². The van der Waals surface area contributed by atoms with Crippen molar-refractivity contribution in [3.8, 4) is 0 Å². The van der Waals surface area contributed by atoms with Crippen LogP contribution in [0.5, 0.6) is 0 Å². The summed E-state index contributed by atoms with van der Waals surface area (Å²) in [5.41, 5.74) is 1.01. The summed E-state index contributed by atoms with van der Waals surface area (Å²) in [4.78, 5) is 13.8. The summed E-state index contributed by atoms with van der Waals surface area (Å²) >= 11 is 0. The van der Waals surface area contributed by atoms with Gasteiger partial charge in [0.2, 0.25) is 5.95 Å².